The summed E-state index contributed by atoms with van der Waals surface area (Å²) in [6, 6.07) is 4.90. The summed E-state index contributed by atoms with van der Waals surface area (Å²) in [7, 11) is 0. The lowest BCUT2D eigenvalue weighted by Crippen LogP contribution is -2.15. The van der Waals surface area contributed by atoms with Crippen molar-refractivity contribution in [3.05, 3.63) is 28.2 Å². The van der Waals surface area contributed by atoms with Crippen LogP contribution >= 0.6 is 23.2 Å². The van der Waals surface area contributed by atoms with Crippen LogP contribution in [0.2, 0.25) is 10.0 Å². The standard InChI is InChI=1S/C26H42Cl2O3/c1-2-3-4-5-6-7-8-9-10-11-12-13-14-15-16-17-20-30-26(29)22-31-25-19-18-23(27)21-24(25)28/h18-19,21H,2-17,20,22H2,1H3. The van der Waals surface area contributed by atoms with E-state index < -0.39 is 0 Å². The SMILES string of the molecule is CCCCCCCCCCCCCCCCCCOC(=O)COc1ccc(Cl)cc1Cl. The van der Waals surface area contributed by atoms with Gasteiger partial charge in [0.2, 0.25) is 0 Å². The molecule has 0 heterocycles. The van der Waals surface area contributed by atoms with Gasteiger partial charge in [0.25, 0.3) is 0 Å². The fourth-order valence-corrected chi connectivity index (χ4v) is 4.07. The molecule has 3 nitrogen and oxygen atoms in total. The van der Waals surface area contributed by atoms with Crippen molar-refractivity contribution in [2.75, 3.05) is 13.2 Å². The van der Waals surface area contributed by atoms with Crippen LogP contribution in [-0.4, -0.2) is 19.2 Å². The minimum atomic E-state index is -0.369. The highest BCUT2D eigenvalue weighted by atomic mass is 35.5. The lowest BCUT2D eigenvalue weighted by molar-refractivity contribution is -0.146. The molecule has 0 fully saturated rings. The highest BCUT2D eigenvalue weighted by Crippen LogP contribution is 2.27. The van der Waals surface area contributed by atoms with Crippen molar-refractivity contribution >= 4 is 29.2 Å². The molecule has 0 saturated heterocycles. The van der Waals surface area contributed by atoms with E-state index in [1.807, 2.05) is 0 Å². The topological polar surface area (TPSA) is 35.5 Å². The van der Waals surface area contributed by atoms with Crippen LogP contribution in [0.1, 0.15) is 110 Å². The Balaban J connectivity index is 1.81. The predicted octanol–water partition coefficient (Wildman–Crippen LogP) is 9.18. The van der Waals surface area contributed by atoms with E-state index in [2.05, 4.69) is 6.92 Å². The van der Waals surface area contributed by atoms with E-state index >= 15 is 0 Å². The van der Waals surface area contributed by atoms with Crippen molar-refractivity contribution < 1.29 is 14.3 Å². The molecule has 0 aliphatic heterocycles. The minimum absolute atomic E-state index is 0.139. The molecule has 1 rings (SSSR count). The average Bonchev–Trinajstić information content (AvgIpc) is 2.75. The highest BCUT2D eigenvalue weighted by Gasteiger charge is 2.07. The minimum Gasteiger partial charge on any atom is -0.480 e. The number of hydrogen-bond acceptors (Lipinski definition) is 3. The second-order valence-corrected chi connectivity index (χ2v) is 9.23. The Labute approximate surface area is 200 Å². The van der Waals surface area contributed by atoms with Gasteiger partial charge in [0.15, 0.2) is 6.61 Å². The van der Waals surface area contributed by atoms with Gasteiger partial charge in [-0.15, -0.1) is 0 Å². The maximum absolute atomic E-state index is 11.7. The molecule has 5 heteroatoms. The first-order valence-electron chi connectivity index (χ1n) is 12.4. The number of ether oxygens (including phenoxy) is 2. The largest absolute Gasteiger partial charge is 0.480 e. The summed E-state index contributed by atoms with van der Waals surface area (Å²) in [6.07, 6.45) is 21.3. The predicted molar refractivity (Wildman–Crippen MR) is 132 cm³/mol. The van der Waals surface area contributed by atoms with Gasteiger partial charge in [0, 0.05) is 5.02 Å². The third-order valence-corrected chi connectivity index (χ3v) is 6.03. The fraction of sp³-hybridized carbons (Fsp3) is 0.731. The molecule has 0 aliphatic carbocycles. The van der Waals surface area contributed by atoms with Crippen molar-refractivity contribution in [1.82, 2.24) is 0 Å². The third kappa shape index (κ3) is 16.4. The van der Waals surface area contributed by atoms with Crippen molar-refractivity contribution in [2.45, 2.75) is 110 Å². The Bertz CT molecular complexity index is 578. The first kappa shape index (κ1) is 28.1. The lowest BCUT2D eigenvalue weighted by Gasteiger charge is -2.08. The zero-order valence-electron chi connectivity index (χ0n) is 19.4. The second kappa shape index (κ2) is 19.7. The van der Waals surface area contributed by atoms with E-state index in [4.69, 9.17) is 32.7 Å². The second-order valence-electron chi connectivity index (χ2n) is 8.39. The van der Waals surface area contributed by atoms with Crippen molar-refractivity contribution in [3.63, 3.8) is 0 Å². The monoisotopic (exact) mass is 472 g/mol. The molecule has 0 bridgehead atoms. The molecule has 1 aromatic carbocycles. The molecule has 31 heavy (non-hydrogen) atoms. The quantitative estimate of drug-likeness (QED) is 0.140. The summed E-state index contributed by atoms with van der Waals surface area (Å²) < 4.78 is 10.6. The number of carbonyl (C=O) groups is 1. The number of hydrogen-bond donors (Lipinski definition) is 0. The average molecular weight is 474 g/mol. The molecule has 0 aromatic heterocycles. The molecule has 0 spiro atoms. The summed E-state index contributed by atoms with van der Waals surface area (Å²) in [6.45, 7) is 2.59. The van der Waals surface area contributed by atoms with Crippen molar-refractivity contribution in [2.24, 2.45) is 0 Å². The van der Waals surface area contributed by atoms with Gasteiger partial charge in [-0.1, -0.05) is 126 Å². The molecular formula is C26H42Cl2O3. The molecule has 0 amide bonds. The Kier molecular flexibility index (Phi) is 17.9. The van der Waals surface area contributed by atoms with E-state index in [1.165, 1.54) is 89.9 Å². The molecule has 0 saturated carbocycles. The van der Waals surface area contributed by atoms with E-state index in [1.54, 1.807) is 18.2 Å². The fourth-order valence-electron chi connectivity index (χ4n) is 3.61. The van der Waals surface area contributed by atoms with Crippen molar-refractivity contribution in [3.8, 4) is 5.75 Å². The molecule has 0 unspecified atom stereocenters. The summed E-state index contributed by atoms with van der Waals surface area (Å²) in [5.74, 6) is 0.0670. The molecule has 178 valence electrons. The smallest absolute Gasteiger partial charge is 0.344 e. The van der Waals surface area contributed by atoms with Crippen LogP contribution in [0.5, 0.6) is 5.75 Å². The van der Waals surface area contributed by atoms with Gasteiger partial charge in [0.1, 0.15) is 5.75 Å². The van der Waals surface area contributed by atoms with Gasteiger partial charge >= 0.3 is 5.97 Å². The summed E-state index contributed by atoms with van der Waals surface area (Å²) in [5.41, 5.74) is 0. The van der Waals surface area contributed by atoms with Gasteiger partial charge in [-0.05, 0) is 24.6 Å². The zero-order chi connectivity index (χ0) is 22.6. The Morgan fingerprint density at radius 2 is 1.23 bits per heavy atom. The van der Waals surface area contributed by atoms with Gasteiger partial charge in [-0.2, -0.15) is 0 Å². The Morgan fingerprint density at radius 3 is 1.71 bits per heavy atom. The Morgan fingerprint density at radius 1 is 0.742 bits per heavy atom. The van der Waals surface area contributed by atoms with Crippen LogP contribution in [0.25, 0.3) is 0 Å². The molecular weight excluding hydrogens is 431 g/mol. The summed E-state index contributed by atoms with van der Waals surface area (Å²) >= 11 is 11.8. The first-order valence-corrected chi connectivity index (χ1v) is 13.1. The normalized spacial score (nSPS) is 10.9. The molecule has 0 N–H and O–H groups in total. The number of esters is 1. The van der Waals surface area contributed by atoms with E-state index in [0.29, 0.717) is 22.4 Å². The van der Waals surface area contributed by atoms with Crippen LogP contribution in [0.4, 0.5) is 0 Å². The van der Waals surface area contributed by atoms with Crippen molar-refractivity contribution in [1.29, 1.82) is 0 Å². The summed E-state index contributed by atoms with van der Waals surface area (Å²) in [4.78, 5) is 11.7. The summed E-state index contributed by atoms with van der Waals surface area (Å²) in [5, 5.41) is 0.918. The van der Waals surface area contributed by atoms with Crippen LogP contribution in [0.15, 0.2) is 18.2 Å². The zero-order valence-corrected chi connectivity index (χ0v) is 21.0. The number of rotatable bonds is 20. The number of halogens is 2. The van der Waals surface area contributed by atoms with Gasteiger partial charge in [0.05, 0.1) is 11.6 Å². The Hall–Kier alpha value is -0.930. The van der Waals surface area contributed by atoms with E-state index in [0.717, 1.165) is 12.8 Å². The molecule has 0 atom stereocenters. The number of carbonyl (C=O) groups excluding carboxylic acids is 1. The maximum Gasteiger partial charge on any atom is 0.344 e. The third-order valence-electron chi connectivity index (χ3n) is 5.50. The van der Waals surface area contributed by atoms with Gasteiger partial charge in [-0.25, -0.2) is 4.79 Å². The molecule has 0 radical (unpaired) electrons. The maximum atomic E-state index is 11.7. The van der Waals surface area contributed by atoms with Crippen LogP contribution in [0, 0.1) is 0 Å². The lowest BCUT2D eigenvalue weighted by atomic mass is 10.0. The first-order chi connectivity index (χ1) is 15.1. The van der Waals surface area contributed by atoms with E-state index in [-0.39, 0.29) is 12.6 Å². The highest BCUT2D eigenvalue weighted by molar-refractivity contribution is 6.35. The van der Waals surface area contributed by atoms with Gasteiger partial charge in [-0.3, -0.25) is 0 Å². The number of unbranched alkanes of at least 4 members (excludes halogenated alkanes) is 15. The van der Waals surface area contributed by atoms with Crippen LogP contribution < -0.4 is 4.74 Å². The number of benzene rings is 1. The van der Waals surface area contributed by atoms with Crippen LogP contribution in [0.3, 0.4) is 0 Å². The van der Waals surface area contributed by atoms with Gasteiger partial charge < -0.3 is 9.47 Å². The molecule has 1 aromatic rings. The van der Waals surface area contributed by atoms with Crippen LogP contribution in [-0.2, 0) is 9.53 Å². The molecule has 0 aliphatic rings. The van der Waals surface area contributed by atoms with E-state index in [9.17, 15) is 4.79 Å².